The number of methoxy groups -OCH3 is 1. The van der Waals surface area contributed by atoms with E-state index < -0.39 is 0 Å². The van der Waals surface area contributed by atoms with Crippen molar-refractivity contribution in [1.29, 1.82) is 0 Å². The van der Waals surface area contributed by atoms with E-state index in [4.69, 9.17) is 4.74 Å². The van der Waals surface area contributed by atoms with Gasteiger partial charge in [0, 0.05) is 6.04 Å². The molecular weight excluding hydrogens is 282 g/mol. The summed E-state index contributed by atoms with van der Waals surface area (Å²) in [6.07, 6.45) is 6.03. The SMILES string of the molecule is COc1ccc2c(c1)[C@H](NCCCc1ccccc1C)CCC2. The van der Waals surface area contributed by atoms with Crippen molar-refractivity contribution >= 4 is 0 Å². The summed E-state index contributed by atoms with van der Waals surface area (Å²) in [5.74, 6) is 0.970. The normalized spacial score (nSPS) is 16.9. The van der Waals surface area contributed by atoms with Crippen molar-refractivity contribution in [2.75, 3.05) is 13.7 Å². The third-order valence-electron chi connectivity index (χ3n) is 4.94. The van der Waals surface area contributed by atoms with Gasteiger partial charge < -0.3 is 10.1 Å². The third-order valence-corrected chi connectivity index (χ3v) is 4.94. The first kappa shape index (κ1) is 16.1. The van der Waals surface area contributed by atoms with Crippen LogP contribution in [0.15, 0.2) is 42.5 Å². The molecule has 0 amide bonds. The zero-order chi connectivity index (χ0) is 16.1. The molecule has 0 saturated carbocycles. The molecule has 1 aliphatic carbocycles. The van der Waals surface area contributed by atoms with E-state index in [0.29, 0.717) is 6.04 Å². The van der Waals surface area contributed by atoms with Crippen LogP contribution >= 0.6 is 0 Å². The van der Waals surface area contributed by atoms with Crippen LogP contribution in [0, 0.1) is 6.92 Å². The van der Waals surface area contributed by atoms with Crippen molar-refractivity contribution in [2.24, 2.45) is 0 Å². The van der Waals surface area contributed by atoms with Gasteiger partial charge in [0.2, 0.25) is 0 Å². The standard InChI is InChI=1S/C21H27NO/c1-16-7-3-4-8-17(16)10-6-14-22-21-11-5-9-18-12-13-19(23-2)15-20(18)21/h3-4,7-8,12-13,15,21-22H,5-6,9-11,14H2,1-2H3/t21-/m1/s1. The molecule has 0 fully saturated rings. The van der Waals surface area contributed by atoms with Crippen LogP contribution in [0.5, 0.6) is 5.75 Å². The Balaban J connectivity index is 1.56. The lowest BCUT2D eigenvalue weighted by atomic mass is 9.87. The van der Waals surface area contributed by atoms with Gasteiger partial charge in [0.05, 0.1) is 7.11 Å². The van der Waals surface area contributed by atoms with E-state index in [-0.39, 0.29) is 0 Å². The van der Waals surface area contributed by atoms with Crippen LogP contribution < -0.4 is 10.1 Å². The smallest absolute Gasteiger partial charge is 0.119 e. The van der Waals surface area contributed by atoms with Crippen molar-refractivity contribution in [3.63, 3.8) is 0 Å². The molecule has 0 radical (unpaired) electrons. The molecule has 0 heterocycles. The first-order valence-corrected chi connectivity index (χ1v) is 8.72. The Morgan fingerprint density at radius 3 is 2.87 bits per heavy atom. The molecule has 3 rings (SSSR count). The van der Waals surface area contributed by atoms with Crippen molar-refractivity contribution < 1.29 is 4.74 Å². The van der Waals surface area contributed by atoms with Crippen LogP contribution in [0.4, 0.5) is 0 Å². The minimum atomic E-state index is 0.478. The second-order valence-corrected chi connectivity index (χ2v) is 6.49. The number of nitrogens with one attached hydrogen (secondary N) is 1. The quantitative estimate of drug-likeness (QED) is 0.787. The molecule has 2 heteroatoms. The van der Waals surface area contributed by atoms with Gasteiger partial charge in [-0.15, -0.1) is 0 Å². The lowest BCUT2D eigenvalue weighted by molar-refractivity contribution is 0.408. The molecule has 2 nitrogen and oxygen atoms in total. The number of benzene rings is 2. The van der Waals surface area contributed by atoms with Crippen LogP contribution in [0.25, 0.3) is 0 Å². The minimum absolute atomic E-state index is 0.478. The second-order valence-electron chi connectivity index (χ2n) is 6.49. The average Bonchev–Trinajstić information content (AvgIpc) is 2.59. The topological polar surface area (TPSA) is 21.3 Å². The monoisotopic (exact) mass is 309 g/mol. The summed E-state index contributed by atoms with van der Waals surface area (Å²) in [4.78, 5) is 0. The van der Waals surface area contributed by atoms with E-state index in [9.17, 15) is 0 Å². The minimum Gasteiger partial charge on any atom is -0.497 e. The molecule has 23 heavy (non-hydrogen) atoms. The molecule has 2 aromatic carbocycles. The van der Waals surface area contributed by atoms with Gasteiger partial charge in [-0.2, -0.15) is 0 Å². The number of ether oxygens (including phenoxy) is 1. The Morgan fingerprint density at radius 2 is 2.04 bits per heavy atom. The fourth-order valence-electron chi connectivity index (χ4n) is 3.56. The summed E-state index contributed by atoms with van der Waals surface area (Å²) in [7, 11) is 1.75. The molecule has 0 saturated heterocycles. The van der Waals surface area contributed by atoms with Crippen LogP contribution in [-0.2, 0) is 12.8 Å². The van der Waals surface area contributed by atoms with Gasteiger partial charge in [-0.3, -0.25) is 0 Å². The molecule has 1 atom stereocenters. The number of hydrogen-bond donors (Lipinski definition) is 1. The highest BCUT2D eigenvalue weighted by Crippen LogP contribution is 2.32. The predicted octanol–water partition coefficient (Wildman–Crippen LogP) is 4.60. The van der Waals surface area contributed by atoms with Gasteiger partial charge in [0.25, 0.3) is 0 Å². The molecule has 1 aliphatic rings. The molecule has 0 unspecified atom stereocenters. The molecular formula is C21H27NO. The second kappa shape index (κ2) is 7.65. The summed E-state index contributed by atoms with van der Waals surface area (Å²) < 4.78 is 5.40. The van der Waals surface area contributed by atoms with Gasteiger partial charge in [-0.1, -0.05) is 30.3 Å². The van der Waals surface area contributed by atoms with Crippen molar-refractivity contribution in [1.82, 2.24) is 5.32 Å². The lowest BCUT2D eigenvalue weighted by Crippen LogP contribution is -2.26. The molecule has 0 spiro atoms. The highest BCUT2D eigenvalue weighted by atomic mass is 16.5. The maximum Gasteiger partial charge on any atom is 0.119 e. The largest absolute Gasteiger partial charge is 0.497 e. The Morgan fingerprint density at radius 1 is 1.17 bits per heavy atom. The number of hydrogen-bond acceptors (Lipinski definition) is 2. The van der Waals surface area contributed by atoms with E-state index in [1.807, 2.05) is 0 Å². The fourth-order valence-corrected chi connectivity index (χ4v) is 3.56. The van der Waals surface area contributed by atoms with Gasteiger partial charge >= 0.3 is 0 Å². The highest BCUT2D eigenvalue weighted by molar-refractivity contribution is 5.39. The third kappa shape index (κ3) is 3.94. The van der Waals surface area contributed by atoms with E-state index in [1.165, 1.54) is 47.9 Å². The Hall–Kier alpha value is -1.80. The molecule has 0 aliphatic heterocycles. The summed E-state index contributed by atoms with van der Waals surface area (Å²) in [5, 5.41) is 3.76. The van der Waals surface area contributed by atoms with E-state index in [2.05, 4.69) is 54.7 Å². The van der Waals surface area contributed by atoms with Crippen LogP contribution in [0.2, 0.25) is 0 Å². The zero-order valence-corrected chi connectivity index (χ0v) is 14.3. The number of fused-ring (bicyclic) bond motifs is 1. The van der Waals surface area contributed by atoms with E-state index in [0.717, 1.165) is 18.7 Å². The Bertz CT molecular complexity index is 650. The average molecular weight is 309 g/mol. The van der Waals surface area contributed by atoms with Gasteiger partial charge in [-0.05, 0) is 80.0 Å². The lowest BCUT2D eigenvalue weighted by Gasteiger charge is -2.27. The Kier molecular flexibility index (Phi) is 5.35. The molecule has 0 aromatic heterocycles. The predicted molar refractivity (Wildman–Crippen MR) is 96.2 cm³/mol. The van der Waals surface area contributed by atoms with Gasteiger partial charge in [0.1, 0.15) is 5.75 Å². The van der Waals surface area contributed by atoms with Crippen molar-refractivity contribution in [2.45, 2.75) is 45.1 Å². The molecule has 2 aromatic rings. The van der Waals surface area contributed by atoms with E-state index >= 15 is 0 Å². The summed E-state index contributed by atoms with van der Waals surface area (Å²) in [5.41, 5.74) is 5.79. The summed E-state index contributed by atoms with van der Waals surface area (Å²) in [6, 6.07) is 15.7. The highest BCUT2D eigenvalue weighted by Gasteiger charge is 2.20. The zero-order valence-electron chi connectivity index (χ0n) is 14.3. The first-order chi connectivity index (χ1) is 11.3. The van der Waals surface area contributed by atoms with Crippen LogP contribution in [-0.4, -0.2) is 13.7 Å². The summed E-state index contributed by atoms with van der Waals surface area (Å²) in [6.45, 7) is 3.27. The van der Waals surface area contributed by atoms with Gasteiger partial charge in [0.15, 0.2) is 0 Å². The van der Waals surface area contributed by atoms with E-state index in [1.54, 1.807) is 7.11 Å². The number of rotatable bonds is 6. The first-order valence-electron chi connectivity index (χ1n) is 8.72. The summed E-state index contributed by atoms with van der Waals surface area (Å²) >= 11 is 0. The van der Waals surface area contributed by atoms with Crippen LogP contribution in [0.1, 0.15) is 47.6 Å². The number of aryl methyl sites for hydroxylation is 3. The van der Waals surface area contributed by atoms with Crippen molar-refractivity contribution in [3.05, 3.63) is 64.7 Å². The van der Waals surface area contributed by atoms with Crippen molar-refractivity contribution in [3.8, 4) is 5.75 Å². The van der Waals surface area contributed by atoms with Gasteiger partial charge in [-0.25, -0.2) is 0 Å². The molecule has 122 valence electrons. The molecule has 1 N–H and O–H groups in total. The fraction of sp³-hybridized carbons (Fsp3) is 0.429. The molecule has 0 bridgehead atoms. The maximum absolute atomic E-state index is 5.40. The Labute approximate surface area is 139 Å². The maximum atomic E-state index is 5.40. The van der Waals surface area contributed by atoms with Crippen LogP contribution in [0.3, 0.4) is 0 Å².